The first-order chi connectivity index (χ1) is 13.1. The van der Waals surface area contributed by atoms with Gasteiger partial charge in [-0.15, -0.1) is 10.2 Å². The van der Waals surface area contributed by atoms with Crippen LogP contribution in [0.5, 0.6) is 0 Å². The van der Waals surface area contributed by atoms with Gasteiger partial charge in [0, 0.05) is 31.6 Å². The van der Waals surface area contributed by atoms with Crippen molar-refractivity contribution in [2.24, 2.45) is 5.73 Å². The Kier molecular flexibility index (Phi) is 4.51. The van der Waals surface area contributed by atoms with Crippen LogP contribution >= 0.6 is 0 Å². The minimum atomic E-state index is -0.575. The highest BCUT2D eigenvalue weighted by Gasteiger charge is 2.20. The van der Waals surface area contributed by atoms with Gasteiger partial charge in [0.1, 0.15) is 11.6 Å². The fourth-order valence-corrected chi connectivity index (χ4v) is 3.18. The molecule has 9 heteroatoms. The number of aromatic nitrogens is 4. The third kappa shape index (κ3) is 3.63. The second-order valence-electron chi connectivity index (χ2n) is 6.45. The zero-order valence-electron chi connectivity index (χ0n) is 14.7. The zero-order chi connectivity index (χ0) is 18.8. The van der Waals surface area contributed by atoms with Gasteiger partial charge in [0.25, 0.3) is 5.91 Å². The molecule has 4 rings (SSSR count). The van der Waals surface area contributed by atoms with Crippen LogP contribution in [0.15, 0.2) is 36.4 Å². The highest BCUT2D eigenvalue weighted by molar-refractivity contribution is 5.90. The predicted molar refractivity (Wildman–Crippen MR) is 102 cm³/mol. The minimum absolute atomic E-state index is 0.170. The molecule has 1 fully saturated rings. The average Bonchev–Trinajstić information content (AvgIpc) is 2.69. The van der Waals surface area contributed by atoms with Crippen LogP contribution in [0.4, 0.5) is 11.6 Å². The predicted octanol–water partition coefficient (Wildman–Crippen LogP) is 0.423. The molecule has 0 atom stereocenters. The molecule has 4 N–H and O–H groups in total. The summed E-state index contributed by atoms with van der Waals surface area (Å²) in [6, 6.07) is 11.1. The second-order valence-corrected chi connectivity index (χ2v) is 6.45. The lowest BCUT2D eigenvalue weighted by Gasteiger charge is -2.34. The van der Waals surface area contributed by atoms with Crippen molar-refractivity contribution in [1.29, 1.82) is 0 Å². The molecule has 0 bridgehead atoms. The number of hydrogen-bond acceptors (Lipinski definition) is 8. The van der Waals surface area contributed by atoms with E-state index in [9.17, 15) is 4.79 Å². The van der Waals surface area contributed by atoms with Crippen LogP contribution in [0.3, 0.4) is 0 Å². The molecule has 2 aromatic heterocycles. The van der Waals surface area contributed by atoms with E-state index in [-0.39, 0.29) is 5.69 Å². The monoisotopic (exact) mass is 364 g/mol. The molecule has 0 aliphatic carbocycles. The summed E-state index contributed by atoms with van der Waals surface area (Å²) in [6.45, 7) is 3.93. The van der Waals surface area contributed by atoms with E-state index in [0.29, 0.717) is 12.4 Å². The molecule has 138 valence electrons. The first-order valence-corrected chi connectivity index (χ1v) is 8.72. The normalized spacial score (nSPS) is 15.2. The van der Waals surface area contributed by atoms with E-state index in [2.05, 4.69) is 30.0 Å². The molecule has 0 unspecified atom stereocenters. The smallest absolute Gasteiger partial charge is 0.269 e. The molecule has 3 heterocycles. The molecule has 1 aromatic carbocycles. The van der Waals surface area contributed by atoms with Gasteiger partial charge in [-0.1, -0.05) is 12.1 Å². The number of nitrogen functional groups attached to an aromatic ring is 1. The van der Waals surface area contributed by atoms with E-state index in [0.717, 1.165) is 48.7 Å². The van der Waals surface area contributed by atoms with Crippen molar-refractivity contribution >= 4 is 28.4 Å². The zero-order valence-corrected chi connectivity index (χ0v) is 14.7. The lowest BCUT2D eigenvalue weighted by molar-refractivity contribution is 0.0994. The van der Waals surface area contributed by atoms with Crippen LogP contribution in [0.1, 0.15) is 16.3 Å². The van der Waals surface area contributed by atoms with Gasteiger partial charge in [0.2, 0.25) is 0 Å². The molecule has 1 saturated heterocycles. The molecule has 1 aliphatic heterocycles. The van der Waals surface area contributed by atoms with Crippen LogP contribution in [-0.4, -0.2) is 57.2 Å². The standard InChI is InChI=1S/C18H20N8O/c19-17-12-3-1-2-4-13(12)21-15(22-17)11-25-7-9-26(10-8-25)16-6-5-14(18(20)27)23-24-16/h1-6H,7-11H2,(H2,20,27)(H2,19,21,22). The number of nitrogens with zero attached hydrogens (tertiary/aromatic N) is 6. The summed E-state index contributed by atoms with van der Waals surface area (Å²) >= 11 is 0. The van der Waals surface area contributed by atoms with Gasteiger partial charge in [-0.3, -0.25) is 9.69 Å². The fourth-order valence-electron chi connectivity index (χ4n) is 3.18. The number of amides is 1. The van der Waals surface area contributed by atoms with Crippen molar-refractivity contribution in [2.45, 2.75) is 6.54 Å². The Morgan fingerprint density at radius 3 is 2.48 bits per heavy atom. The molecular formula is C18H20N8O. The fraction of sp³-hybridized carbons (Fsp3) is 0.278. The van der Waals surface area contributed by atoms with Gasteiger partial charge in [0.05, 0.1) is 12.1 Å². The van der Waals surface area contributed by atoms with Crippen LogP contribution in [-0.2, 0) is 6.54 Å². The Labute approximate surface area is 156 Å². The Bertz CT molecular complexity index is 967. The third-order valence-corrected chi connectivity index (χ3v) is 4.64. The van der Waals surface area contributed by atoms with Crippen LogP contribution < -0.4 is 16.4 Å². The summed E-state index contributed by atoms with van der Waals surface area (Å²) in [6.07, 6.45) is 0. The summed E-state index contributed by atoms with van der Waals surface area (Å²) in [5.41, 5.74) is 12.3. The molecule has 1 aliphatic rings. The number of hydrogen-bond donors (Lipinski definition) is 2. The van der Waals surface area contributed by atoms with Gasteiger partial charge in [0.15, 0.2) is 11.5 Å². The lowest BCUT2D eigenvalue weighted by Crippen LogP contribution is -2.46. The SMILES string of the molecule is NC(=O)c1ccc(N2CCN(Cc3nc(N)c4ccccc4n3)CC2)nn1. The van der Waals surface area contributed by atoms with Crippen molar-refractivity contribution < 1.29 is 4.79 Å². The van der Waals surface area contributed by atoms with E-state index < -0.39 is 5.91 Å². The molecule has 0 saturated carbocycles. The number of primary amides is 1. The topological polar surface area (TPSA) is 127 Å². The van der Waals surface area contributed by atoms with Gasteiger partial charge in [-0.05, 0) is 24.3 Å². The van der Waals surface area contributed by atoms with Crippen LogP contribution in [0.25, 0.3) is 10.9 Å². The summed E-state index contributed by atoms with van der Waals surface area (Å²) in [7, 11) is 0. The van der Waals surface area contributed by atoms with E-state index in [1.807, 2.05) is 24.3 Å². The molecule has 0 spiro atoms. The number of nitrogens with two attached hydrogens (primary N) is 2. The summed E-state index contributed by atoms with van der Waals surface area (Å²) in [5.74, 6) is 1.41. The first-order valence-electron chi connectivity index (χ1n) is 8.72. The Morgan fingerprint density at radius 2 is 1.78 bits per heavy atom. The summed E-state index contributed by atoms with van der Waals surface area (Å²) in [4.78, 5) is 24.6. The van der Waals surface area contributed by atoms with Crippen LogP contribution in [0, 0.1) is 0 Å². The third-order valence-electron chi connectivity index (χ3n) is 4.64. The minimum Gasteiger partial charge on any atom is -0.383 e. The summed E-state index contributed by atoms with van der Waals surface area (Å²) in [5, 5.41) is 8.84. The van der Waals surface area contributed by atoms with E-state index >= 15 is 0 Å². The number of rotatable bonds is 4. The maximum Gasteiger partial charge on any atom is 0.269 e. The number of benzene rings is 1. The van der Waals surface area contributed by atoms with Crippen molar-refractivity contribution in [1.82, 2.24) is 25.1 Å². The van der Waals surface area contributed by atoms with Crippen molar-refractivity contribution in [3.63, 3.8) is 0 Å². The van der Waals surface area contributed by atoms with E-state index in [4.69, 9.17) is 11.5 Å². The Morgan fingerprint density at radius 1 is 1.00 bits per heavy atom. The number of fused-ring (bicyclic) bond motifs is 1. The number of anilines is 2. The molecule has 27 heavy (non-hydrogen) atoms. The highest BCUT2D eigenvalue weighted by atomic mass is 16.1. The quantitative estimate of drug-likeness (QED) is 0.682. The van der Waals surface area contributed by atoms with Crippen LogP contribution in [0.2, 0.25) is 0 Å². The van der Waals surface area contributed by atoms with E-state index in [1.165, 1.54) is 0 Å². The maximum atomic E-state index is 11.1. The van der Waals surface area contributed by atoms with Gasteiger partial charge in [-0.25, -0.2) is 9.97 Å². The Balaban J connectivity index is 1.40. The van der Waals surface area contributed by atoms with Gasteiger partial charge in [-0.2, -0.15) is 0 Å². The van der Waals surface area contributed by atoms with E-state index in [1.54, 1.807) is 12.1 Å². The van der Waals surface area contributed by atoms with Crippen molar-refractivity contribution in [3.05, 3.63) is 47.9 Å². The molecule has 0 radical (unpaired) electrons. The number of carbonyl (C=O) groups is 1. The van der Waals surface area contributed by atoms with Crippen molar-refractivity contribution in [3.8, 4) is 0 Å². The first kappa shape index (κ1) is 17.1. The Hall–Kier alpha value is -3.33. The number of para-hydroxylation sites is 1. The second kappa shape index (κ2) is 7.12. The lowest BCUT2D eigenvalue weighted by atomic mass is 10.2. The largest absolute Gasteiger partial charge is 0.383 e. The van der Waals surface area contributed by atoms with Gasteiger partial charge >= 0.3 is 0 Å². The average molecular weight is 364 g/mol. The van der Waals surface area contributed by atoms with Gasteiger partial charge < -0.3 is 16.4 Å². The maximum absolute atomic E-state index is 11.1. The molecular weight excluding hydrogens is 344 g/mol. The summed E-state index contributed by atoms with van der Waals surface area (Å²) < 4.78 is 0. The highest BCUT2D eigenvalue weighted by Crippen LogP contribution is 2.19. The molecule has 9 nitrogen and oxygen atoms in total. The van der Waals surface area contributed by atoms with Crippen molar-refractivity contribution in [2.75, 3.05) is 36.8 Å². The molecule has 3 aromatic rings. The number of carbonyl (C=O) groups excluding carboxylic acids is 1. The molecule has 1 amide bonds. The number of piperazine rings is 1.